The highest BCUT2D eigenvalue weighted by molar-refractivity contribution is 4.93. The first kappa shape index (κ1) is 9.17. The molecule has 0 aromatic carbocycles. The summed E-state index contributed by atoms with van der Waals surface area (Å²) in [5.74, 6) is 0.997. The Kier molecular flexibility index (Phi) is 2.50. The van der Waals surface area contributed by atoms with Crippen molar-refractivity contribution in [1.29, 1.82) is 0 Å². The van der Waals surface area contributed by atoms with E-state index in [0.29, 0.717) is 0 Å². The van der Waals surface area contributed by atoms with Crippen molar-refractivity contribution in [3.05, 3.63) is 0 Å². The highest BCUT2D eigenvalue weighted by atomic mass is 15.2. The first-order chi connectivity index (χ1) is 6.93. The normalized spacial score (nSPS) is 40.3. The van der Waals surface area contributed by atoms with Crippen LogP contribution in [0, 0.1) is 5.92 Å². The molecule has 80 valence electrons. The van der Waals surface area contributed by atoms with Crippen LogP contribution in [0.25, 0.3) is 0 Å². The van der Waals surface area contributed by atoms with Gasteiger partial charge in [-0.15, -0.1) is 0 Å². The molecule has 0 radical (unpaired) electrons. The maximum Gasteiger partial charge on any atom is 0.0224 e. The Labute approximate surface area is 87.0 Å². The summed E-state index contributed by atoms with van der Waals surface area (Å²) in [5.41, 5.74) is 0. The number of piperazine rings is 1. The van der Waals surface area contributed by atoms with Gasteiger partial charge in [0.05, 0.1) is 0 Å². The van der Waals surface area contributed by atoms with E-state index in [1.807, 2.05) is 0 Å². The van der Waals surface area contributed by atoms with Crippen LogP contribution in [0.1, 0.15) is 38.5 Å². The summed E-state index contributed by atoms with van der Waals surface area (Å²) in [5, 5.41) is 3.79. The van der Waals surface area contributed by atoms with Gasteiger partial charge in [-0.25, -0.2) is 0 Å². The van der Waals surface area contributed by atoms with Crippen LogP contribution in [-0.2, 0) is 0 Å². The predicted molar refractivity (Wildman–Crippen MR) is 58.3 cm³/mol. The average molecular weight is 194 g/mol. The van der Waals surface area contributed by atoms with Crippen molar-refractivity contribution in [3.8, 4) is 0 Å². The lowest BCUT2D eigenvalue weighted by Gasteiger charge is -2.38. The Balaban J connectivity index is 1.60. The van der Waals surface area contributed by atoms with Gasteiger partial charge in [-0.2, -0.15) is 0 Å². The molecule has 0 aromatic rings. The quantitative estimate of drug-likeness (QED) is 0.682. The predicted octanol–water partition coefficient (Wildman–Crippen LogP) is 1.61. The van der Waals surface area contributed by atoms with E-state index in [1.165, 1.54) is 58.2 Å². The fourth-order valence-corrected chi connectivity index (χ4v) is 3.65. The third-order valence-corrected chi connectivity index (χ3v) is 4.51. The second kappa shape index (κ2) is 3.82. The third-order valence-electron chi connectivity index (χ3n) is 4.51. The van der Waals surface area contributed by atoms with Gasteiger partial charge in [-0.05, 0) is 38.1 Å². The highest BCUT2D eigenvalue weighted by Gasteiger charge is 2.35. The zero-order valence-electron chi connectivity index (χ0n) is 9.04. The van der Waals surface area contributed by atoms with Crippen molar-refractivity contribution in [3.63, 3.8) is 0 Å². The van der Waals surface area contributed by atoms with E-state index < -0.39 is 0 Å². The molecular weight excluding hydrogens is 172 g/mol. The number of hydrogen-bond donors (Lipinski definition) is 1. The second-order valence-electron chi connectivity index (χ2n) is 5.35. The van der Waals surface area contributed by atoms with Gasteiger partial charge in [0.15, 0.2) is 0 Å². The molecule has 2 heterocycles. The van der Waals surface area contributed by atoms with E-state index in [9.17, 15) is 0 Å². The van der Waals surface area contributed by atoms with Crippen LogP contribution in [0.5, 0.6) is 0 Å². The van der Waals surface area contributed by atoms with E-state index in [-0.39, 0.29) is 0 Å². The molecule has 14 heavy (non-hydrogen) atoms. The van der Waals surface area contributed by atoms with Crippen molar-refractivity contribution >= 4 is 0 Å². The molecule has 2 aliphatic heterocycles. The zero-order chi connectivity index (χ0) is 9.38. The minimum absolute atomic E-state index is 0.826. The minimum Gasteiger partial charge on any atom is -0.311 e. The molecule has 0 amide bonds. The lowest BCUT2D eigenvalue weighted by molar-refractivity contribution is 0.143. The number of hydrogen-bond acceptors (Lipinski definition) is 2. The fourth-order valence-electron chi connectivity index (χ4n) is 3.65. The van der Waals surface area contributed by atoms with Crippen LogP contribution in [0.2, 0.25) is 0 Å². The van der Waals surface area contributed by atoms with E-state index in [0.717, 1.165) is 18.0 Å². The van der Waals surface area contributed by atoms with E-state index in [4.69, 9.17) is 0 Å². The van der Waals surface area contributed by atoms with Crippen molar-refractivity contribution in [1.82, 2.24) is 10.2 Å². The Morgan fingerprint density at radius 1 is 1.00 bits per heavy atom. The number of nitrogens with zero attached hydrogens (tertiary/aromatic N) is 1. The summed E-state index contributed by atoms with van der Waals surface area (Å²) >= 11 is 0. The first-order valence-electron chi connectivity index (χ1n) is 6.41. The summed E-state index contributed by atoms with van der Waals surface area (Å²) in [6.07, 6.45) is 8.79. The Morgan fingerprint density at radius 3 is 2.71 bits per heavy atom. The van der Waals surface area contributed by atoms with Crippen LogP contribution in [0.4, 0.5) is 0 Å². The number of rotatable bonds is 1. The van der Waals surface area contributed by atoms with Gasteiger partial charge in [0.2, 0.25) is 0 Å². The lowest BCUT2D eigenvalue weighted by Crippen LogP contribution is -2.56. The van der Waals surface area contributed by atoms with Gasteiger partial charge in [-0.3, -0.25) is 4.90 Å². The van der Waals surface area contributed by atoms with Crippen molar-refractivity contribution in [2.75, 3.05) is 19.6 Å². The van der Waals surface area contributed by atoms with Crippen LogP contribution < -0.4 is 5.32 Å². The lowest BCUT2D eigenvalue weighted by atomic mass is 9.95. The van der Waals surface area contributed by atoms with Gasteiger partial charge >= 0.3 is 0 Å². The molecule has 2 heteroatoms. The largest absolute Gasteiger partial charge is 0.311 e. The van der Waals surface area contributed by atoms with Crippen LogP contribution >= 0.6 is 0 Å². The minimum atomic E-state index is 0.826. The molecule has 0 aromatic heterocycles. The molecule has 2 saturated heterocycles. The molecule has 1 aliphatic carbocycles. The smallest absolute Gasteiger partial charge is 0.0224 e. The summed E-state index contributed by atoms with van der Waals surface area (Å²) in [6.45, 7) is 3.98. The highest BCUT2D eigenvalue weighted by Crippen LogP contribution is 2.31. The molecule has 2 unspecified atom stereocenters. The fraction of sp³-hybridized carbons (Fsp3) is 1.00. The molecule has 2 atom stereocenters. The van der Waals surface area contributed by atoms with Crippen LogP contribution in [-0.4, -0.2) is 36.6 Å². The molecule has 0 bridgehead atoms. The molecule has 0 spiro atoms. The summed E-state index contributed by atoms with van der Waals surface area (Å²) in [6, 6.07) is 1.71. The third kappa shape index (κ3) is 1.59. The Bertz CT molecular complexity index is 198. The molecule has 2 nitrogen and oxygen atoms in total. The molecular formula is C12H22N2. The number of fused-ring (bicyclic) bond motifs is 1. The Morgan fingerprint density at radius 2 is 1.86 bits per heavy atom. The van der Waals surface area contributed by atoms with Gasteiger partial charge in [0, 0.05) is 25.2 Å². The van der Waals surface area contributed by atoms with Gasteiger partial charge < -0.3 is 5.32 Å². The van der Waals surface area contributed by atoms with Crippen molar-refractivity contribution < 1.29 is 0 Å². The average Bonchev–Trinajstić information content (AvgIpc) is 2.88. The monoisotopic (exact) mass is 194 g/mol. The summed E-state index contributed by atoms with van der Waals surface area (Å²) < 4.78 is 0. The van der Waals surface area contributed by atoms with E-state index in [2.05, 4.69) is 10.2 Å². The van der Waals surface area contributed by atoms with Crippen LogP contribution in [0.3, 0.4) is 0 Å². The summed E-state index contributed by atoms with van der Waals surface area (Å²) in [4.78, 5) is 2.74. The van der Waals surface area contributed by atoms with Gasteiger partial charge in [-0.1, -0.05) is 12.8 Å². The molecule has 3 fully saturated rings. The number of nitrogens with one attached hydrogen (secondary N) is 1. The van der Waals surface area contributed by atoms with Crippen LogP contribution in [0.15, 0.2) is 0 Å². The molecule has 1 N–H and O–H groups in total. The van der Waals surface area contributed by atoms with Gasteiger partial charge in [0.1, 0.15) is 0 Å². The van der Waals surface area contributed by atoms with Gasteiger partial charge in [0.25, 0.3) is 0 Å². The zero-order valence-corrected chi connectivity index (χ0v) is 9.04. The maximum atomic E-state index is 3.79. The van der Waals surface area contributed by atoms with E-state index >= 15 is 0 Å². The maximum absolute atomic E-state index is 3.79. The standard InChI is InChI=1S/C12H22N2/c1-2-5-10(4-1)12-9-14-7-3-6-11(14)8-13-12/h10-13H,1-9H2. The van der Waals surface area contributed by atoms with Crippen molar-refractivity contribution in [2.45, 2.75) is 50.6 Å². The second-order valence-corrected chi connectivity index (χ2v) is 5.35. The molecule has 3 rings (SSSR count). The summed E-state index contributed by atoms with van der Waals surface area (Å²) in [7, 11) is 0. The first-order valence-corrected chi connectivity index (χ1v) is 6.41. The SMILES string of the molecule is C1CCC(C2CN3CCCC3CN2)C1. The van der Waals surface area contributed by atoms with Crippen molar-refractivity contribution in [2.24, 2.45) is 5.92 Å². The van der Waals surface area contributed by atoms with E-state index in [1.54, 1.807) is 0 Å². The molecule has 3 aliphatic rings. The Hall–Kier alpha value is -0.0800. The molecule has 1 saturated carbocycles. The topological polar surface area (TPSA) is 15.3 Å².